The predicted molar refractivity (Wildman–Crippen MR) is 74.4 cm³/mol. The third-order valence-corrected chi connectivity index (χ3v) is 3.15. The molecule has 1 aliphatic heterocycles. The van der Waals surface area contributed by atoms with Crippen molar-refractivity contribution in [2.75, 3.05) is 10.6 Å². The molecule has 0 aliphatic carbocycles. The molecular weight excluding hydrogens is 272 g/mol. The summed E-state index contributed by atoms with van der Waals surface area (Å²) in [5, 5.41) is 9.55. The Hall–Kier alpha value is -2.77. The van der Waals surface area contributed by atoms with Crippen LogP contribution in [0.25, 0.3) is 0 Å². The Morgan fingerprint density at radius 2 is 2.43 bits per heavy atom. The van der Waals surface area contributed by atoms with Gasteiger partial charge in [0.25, 0.3) is 0 Å². The van der Waals surface area contributed by atoms with Crippen molar-refractivity contribution in [1.29, 1.82) is 0 Å². The van der Waals surface area contributed by atoms with E-state index in [0.29, 0.717) is 24.0 Å². The van der Waals surface area contributed by atoms with Crippen molar-refractivity contribution in [3.63, 3.8) is 0 Å². The molecule has 8 nitrogen and oxygen atoms in total. The van der Waals surface area contributed by atoms with E-state index in [1.807, 2.05) is 0 Å². The molecule has 3 heterocycles. The van der Waals surface area contributed by atoms with Crippen LogP contribution >= 0.6 is 0 Å². The van der Waals surface area contributed by atoms with Gasteiger partial charge in [-0.2, -0.15) is 10.1 Å². The standard InChI is InChI=1S/C13H14N6O2/c1-8-15-13-17-12(21)9(7-19(13)18-8)5-11(20)16-10-3-2-4-14-6-10/h2-4,6,9H,5,7H2,1H3,(H,16,20)(H,15,17,18,21)/t9-/m1/s1. The first-order valence-corrected chi connectivity index (χ1v) is 6.54. The number of rotatable bonds is 3. The van der Waals surface area contributed by atoms with E-state index in [9.17, 15) is 9.59 Å². The lowest BCUT2D eigenvalue weighted by Crippen LogP contribution is -2.36. The van der Waals surface area contributed by atoms with Crippen molar-refractivity contribution in [2.24, 2.45) is 5.92 Å². The molecule has 2 aromatic rings. The molecule has 0 bridgehead atoms. The summed E-state index contributed by atoms with van der Waals surface area (Å²) < 4.78 is 1.61. The van der Waals surface area contributed by atoms with Crippen molar-refractivity contribution >= 4 is 23.5 Å². The fraction of sp³-hybridized carbons (Fsp3) is 0.308. The maximum absolute atomic E-state index is 12.0. The number of aromatic nitrogens is 4. The molecule has 1 atom stereocenters. The smallest absolute Gasteiger partial charge is 0.232 e. The van der Waals surface area contributed by atoms with E-state index < -0.39 is 5.92 Å². The Labute approximate surface area is 120 Å². The topological polar surface area (TPSA) is 102 Å². The number of nitrogens with zero attached hydrogens (tertiary/aromatic N) is 4. The number of pyridine rings is 1. The fourth-order valence-electron chi connectivity index (χ4n) is 2.21. The number of fused-ring (bicyclic) bond motifs is 1. The summed E-state index contributed by atoms with van der Waals surface area (Å²) in [6.07, 6.45) is 3.26. The normalized spacial score (nSPS) is 17.0. The predicted octanol–water partition coefficient (Wildman–Crippen LogP) is 0.579. The molecule has 2 amide bonds. The molecule has 1 aliphatic rings. The molecular formula is C13H14N6O2. The Bertz CT molecular complexity index is 681. The van der Waals surface area contributed by atoms with Gasteiger partial charge in [-0.3, -0.25) is 19.9 Å². The number of hydrogen-bond donors (Lipinski definition) is 2. The van der Waals surface area contributed by atoms with Crippen LogP contribution in [-0.4, -0.2) is 31.6 Å². The van der Waals surface area contributed by atoms with Gasteiger partial charge in [0.1, 0.15) is 5.82 Å². The van der Waals surface area contributed by atoms with Crippen molar-refractivity contribution in [2.45, 2.75) is 19.9 Å². The summed E-state index contributed by atoms with van der Waals surface area (Å²) >= 11 is 0. The van der Waals surface area contributed by atoms with Crippen molar-refractivity contribution in [1.82, 2.24) is 19.7 Å². The molecule has 0 saturated heterocycles. The number of aryl methyl sites for hydroxylation is 1. The minimum atomic E-state index is -0.463. The highest BCUT2D eigenvalue weighted by molar-refractivity contribution is 5.98. The van der Waals surface area contributed by atoms with Crippen LogP contribution in [0.1, 0.15) is 12.2 Å². The average Bonchev–Trinajstić information content (AvgIpc) is 2.79. The van der Waals surface area contributed by atoms with Crippen LogP contribution in [-0.2, 0) is 16.1 Å². The summed E-state index contributed by atoms with van der Waals surface area (Å²) in [7, 11) is 0. The number of carbonyl (C=O) groups excluding carboxylic acids is 2. The molecule has 0 unspecified atom stereocenters. The molecule has 0 fully saturated rings. The monoisotopic (exact) mass is 286 g/mol. The highest BCUT2D eigenvalue weighted by atomic mass is 16.2. The second kappa shape index (κ2) is 5.31. The second-order valence-corrected chi connectivity index (χ2v) is 4.84. The lowest BCUT2D eigenvalue weighted by atomic mass is 10.0. The van der Waals surface area contributed by atoms with Gasteiger partial charge < -0.3 is 5.32 Å². The first-order valence-electron chi connectivity index (χ1n) is 6.54. The van der Waals surface area contributed by atoms with Crippen LogP contribution in [0.3, 0.4) is 0 Å². The first kappa shape index (κ1) is 13.2. The van der Waals surface area contributed by atoms with Crippen molar-refractivity contribution in [3.8, 4) is 0 Å². The lowest BCUT2D eigenvalue weighted by Gasteiger charge is -2.21. The second-order valence-electron chi connectivity index (χ2n) is 4.84. The zero-order valence-corrected chi connectivity index (χ0v) is 11.4. The van der Waals surface area contributed by atoms with E-state index in [0.717, 1.165) is 0 Å². The van der Waals surface area contributed by atoms with Gasteiger partial charge in [-0.1, -0.05) is 0 Å². The molecule has 2 N–H and O–H groups in total. The van der Waals surface area contributed by atoms with E-state index in [-0.39, 0.29) is 18.2 Å². The summed E-state index contributed by atoms with van der Waals surface area (Å²) in [5.41, 5.74) is 0.607. The number of anilines is 2. The number of nitrogens with one attached hydrogen (secondary N) is 2. The zero-order valence-electron chi connectivity index (χ0n) is 11.4. The summed E-state index contributed by atoms with van der Waals surface area (Å²) in [5.74, 6) is 0.113. The van der Waals surface area contributed by atoms with Gasteiger partial charge >= 0.3 is 0 Å². The molecule has 0 aromatic carbocycles. The Kier molecular flexibility index (Phi) is 3.35. The lowest BCUT2D eigenvalue weighted by molar-refractivity contribution is -0.125. The van der Waals surface area contributed by atoms with Gasteiger partial charge in [-0.25, -0.2) is 4.68 Å². The van der Waals surface area contributed by atoms with Crippen LogP contribution < -0.4 is 10.6 Å². The third-order valence-electron chi connectivity index (χ3n) is 3.15. The molecule has 21 heavy (non-hydrogen) atoms. The molecule has 0 saturated carbocycles. The molecule has 0 radical (unpaired) electrons. The number of hydrogen-bond acceptors (Lipinski definition) is 5. The maximum Gasteiger partial charge on any atom is 0.232 e. The SMILES string of the molecule is Cc1nc2n(n1)C[C@@H](CC(=O)Nc1cccnc1)C(=O)N2. The van der Waals surface area contributed by atoms with E-state index in [1.165, 1.54) is 0 Å². The van der Waals surface area contributed by atoms with E-state index in [1.54, 1.807) is 36.1 Å². The quantitative estimate of drug-likeness (QED) is 0.859. The Morgan fingerprint density at radius 3 is 3.19 bits per heavy atom. The maximum atomic E-state index is 12.0. The molecule has 2 aromatic heterocycles. The zero-order chi connectivity index (χ0) is 14.8. The van der Waals surface area contributed by atoms with Crippen LogP contribution in [0.2, 0.25) is 0 Å². The Morgan fingerprint density at radius 1 is 1.57 bits per heavy atom. The van der Waals surface area contributed by atoms with E-state index >= 15 is 0 Å². The van der Waals surface area contributed by atoms with E-state index in [2.05, 4.69) is 25.7 Å². The molecule has 8 heteroatoms. The van der Waals surface area contributed by atoms with Crippen LogP contribution in [0.15, 0.2) is 24.5 Å². The summed E-state index contributed by atoms with van der Waals surface area (Å²) in [6, 6.07) is 3.47. The van der Waals surface area contributed by atoms with Gasteiger partial charge in [0.2, 0.25) is 17.8 Å². The highest BCUT2D eigenvalue weighted by Gasteiger charge is 2.29. The van der Waals surface area contributed by atoms with Crippen LogP contribution in [0.4, 0.5) is 11.6 Å². The van der Waals surface area contributed by atoms with Crippen LogP contribution in [0, 0.1) is 12.8 Å². The van der Waals surface area contributed by atoms with Gasteiger partial charge in [0.15, 0.2) is 0 Å². The van der Waals surface area contributed by atoms with Gasteiger partial charge in [-0.15, -0.1) is 0 Å². The molecule has 108 valence electrons. The van der Waals surface area contributed by atoms with Crippen LogP contribution in [0.5, 0.6) is 0 Å². The van der Waals surface area contributed by atoms with Gasteiger partial charge in [0.05, 0.1) is 24.3 Å². The molecule has 0 spiro atoms. The van der Waals surface area contributed by atoms with Gasteiger partial charge in [0, 0.05) is 12.6 Å². The minimum Gasteiger partial charge on any atom is -0.325 e. The number of amides is 2. The average molecular weight is 286 g/mol. The summed E-state index contributed by atoms with van der Waals surface area (Å²) in [6.45, 7) is 2.10. The fourth-order valence-corrected chi connectivity index (χ4v) is 2.21. The first-order chi connectivity index (χ1) is 10.1. The molecule has 3 rings (SSSR count). The van der Waals surface area contributed by atoms with E-state index in [4.69, 9.17) is 0 Å². The minimum absolute atomic E-state index is 0.0824. The van der Waals surface area contributed by atoms with Gasteiger partial charge in [-0.05, 0) is 19.1 Å². The third kappa shape index (κ3) is 2.88. The van der Waals surface area contributed by atoms with Crippen molar-refractivity contribution < 1.29 is 9.59 Å². The number of carbonyl (C=O) groups is 2. The summed E-state index contributed by atoms with van der Waals surface area (Å²) in [4.78, 5) is 32.0. The highest BCUT2D eigenvalue weighted by Crippen LogP contribution is 2.19. The largest absolute Gasteiger partial charge is 0.325 e. The Balaban J connectivity index is 1.65. The van der Waals surface area contributed by atoms with Crippen molar-refractivity contribution in [3.05, 3.63) is 30.4 Å².